The number of aromatic nitrogens is 8. The van der Waals surface area contributed by atoms with Crippen molar-refractivity contribution in [1.29, 1.82) is 0 Å². The van der Waals surface area contributed by atoms with Crippen LogP contribution in [0.15, 0.2) is 48.6 Å². The van der Waals surface area contributed by atoms with E-state index in [9.17, 15) is 19.2 Å². The van der Waals surface area contributed by atoms with Crippen LogP contribution < -0.4 is 31.6 Å². The average Bonchev–Trinajstić information content (AvgIpc) is 4.05. The second-order valence-corrected chi connectivity index (χ2v) is 14.7. The standard InChI is InChI=1S/C36H45N11O6.C7H10N2O/c1-5-47-27(17-22(2)43-47)34(50)42-36-41-26-19-24(33(38)49)21-29(53-14-8-9-44-12-15-52-16-13-44)31(26)46(36)11-7-6-10-45-30-25(40-35(45)39-3)18-23(32(37)48)20-28(30)51-4;1-3-9-7(5-10)4-6(2)8-9/h6-7,17-21H,5,8-16H2,1-4H3,(H2,37,48)(H2,38,49)(H,39,40)(H,41,42,50);4-5H,3H2,1-2H3/b7-6+;. The van der Waals surface area contributed by atoms with Crippen molar-refractivity contribution < 1.29 is 33.4 Å². The molecular formula is C43H55N13O7. The van der Waals surface area contributed by atoms with Gasteiger partial charge >= 0.3 is 0 Å². The molecule has 1 aliphatic rings. The minimum Gasteiger partial charge on any atom is -0.494 e. The Morgan fingerprint density at radius 3 is 1.95 bits per heavy atom. The first-order chi connectivity index (χ1) is 30.4. The van der Waals surface area contributed by atoms with Gasteiger partial charge < -0.3 is 40.1 Å². The van der Waals surface area contributed by atoms with Crippen LogP contribution in [0, 0.1) is 13.8 Å². The molecule has 6 aromatic rings. The third-order valence-electron chi connectivity index (χ3n) is 10.4. The van der Waals surface area contributed by atoms with E-state index in [0.29, 0.717) is 89.5 Å². The van der Waals surface area contributed by atoms with Crippen LogP contribution in [0.1, 0.15) is 73.3 Å². The Morgan fingerprint density at radius 2 is 1.38 bits per heavy atom. The van der Waals surface area contributed by atoms with Gasteiger partial charge in [-0.1, -0.05) is 12.2 Å². The van der Waals surface area contributed by atoms with Crippen molar-refractivity contribution in [2.75, 3.05) is 64.2 Å². The smallest absolute Gasteiger partial charge is 0.276 e. The highest BCUT2D eigenvalue weighted by Crippen LogP contribution is 2.33. The summed E-state index contributed by atoms with van der Waals surface area (Å²) in [7, 11) is 3.27. The number of ether oxygens (including phenoxy) is 3. The van der Waals surface area contributed by atoms with E-state index < -0.39 is 11.8 Å². The number of nitrogens with zero attached hydrogens (tertiary/aromatic N) is 9. The topological polar surface area (TPSA) is 247 Å². The first-order valence-corrected chi connectivity index (χ1v) is 20.7. The predicted octanol–water partition coefficient (Wildman–Crippen LogP) is 3.79. The van der Waals surface area contributed by atoms with Crippen LogP contribution in [0.2, 0.25) is 0 Å². The van der Waals surface area contributed by atoms with Gasteiger partial charge in [0.2, 0.25) is 23.7 Å². The molecule has 0 spiro atoms. The fourth-order valence-electron chi connectivity index (χ4n) is 7.36. The second-order valence-electron chi connectivity index (χ2n) is 14.7. The number of hydrogen-bond acceptors (Lipinski definition) is 13. The highest BCUT2D eigenvalue weighted by molar-refractivity contribution is 6.04. The molecule has 4 aromatic heterocycles. The van der Waals surface area contributed by atoms with Crippen LogP contribution in [-0.2, 0) is 30.9 Å². The Balaban J connectivity index is 0.000000582. The van der Waals surface area contributed by atoms with Crippen LogP contribution in [-0.4, -0.2) is 121 Å². The van der Waals surface area contributed by atoms with E-state index in [2.05, 4.69) is 30.7 Å². The fraction of sp³-hybridized carbons (Fsp3) is 0.395. The molecule has 0 atom stereocenters. The van der Waals surface area contributed by atoms with Crippen LogP contribution in [0.5, 0.6) is 11.5 Å². The van der Waals surface area contributed by atoms with Crippen molar-refractivity contribution in [3.8, 4) is 11.5 Å². The molecule has 0 bridgehead atoms. The molecule has 1 aliphatic heterocycles. The van der Waals surface area contributed by atoms with Crippen LogP contribution in [0.3, 0.4) is 0 Å². The molecular weight excluding hydrogens is 811 g/mol. The van der Waals surface area contributed by atoms with Gasteiger partial charge in [-0.25, -0.2) is 9.97 Å². The number of methoxy groups -OCH3 is 1. The lowest BCUT2D eigenvalue weighted by Gasteiger charge is -2.26. The number of aldehydes is 1. The van der Waals surface area contributed by atoms with Gasteiger partial charge in [0, 0.05) is 64.0 Å². The number of allylic oxidation sites excluding steroid dienone is 2. The van der Waals surface area contributed by atoms with Crippen molar-refractivity contribution in [2.24, 2.45) is 11.5 Å². The summed E-state index contributed by atoms with van der Waals surface area (Å²) in [5.74, 6) is 0.0778. The number of rotatable bonds is 18. The molecule has 334 valence electrons. The van der Waals surface area contributed by atoms with Crippen LogP contribution >= 0.6 is 0 Å². The zero-order valence-corrected chi connectivity index (χ0v) is 36.5. The van der Waals surface area contributed by atoms with Gasteiger partial charge in [0.05, 0.1) is 49.4 Å². The predicted molar refractivity (Wildman–Crippen MR) is 238 cm³/mol. The summed E-state index contributed by atoms with van der Waals surface area (Å²) in [6, 6.07) is 9.92. The summed E-state index contributed by atoms with van der Waals surface area (Å²) in [6.07, 6.45) is 5.44. The first-order valence-electron chi connectivity index (χ1n) is 20.7. The number of fused-ring (bicyclic) bond motifs is 2. The Hall–Kier alpha value is -7.06. The van der Waals surface area contributed by atoms with Gasteiger partial charge in [0.25, 0.3) is 5.91 Å². The lowest BCUT2D eigenvalue weighted by Crippen LogP contribution is -2.37. The number of nitrogens with two attached hydrogens (primary N) is 2. The number of morpholine rings is 1. The molecule has 3 amide bonds. The summed E-state index contributed by atoms with van der Waals surface area (Å²) < 4.78 is 24.5. The zero-order chi connectivity index (χ0) is 45.2. The number of anilines is 2. The first kappa shape index (κ1) is 45.5. The third kappa shape index (κ3) is 10.5. The van der Waals surface area contributed by atoms with Crippen LogP contribution in [0.4, 0.5) is 11.9 Å². The molecule has 2 aromatic carbocycles. The molecule has 1 saturated heterocycles. The molecule has 6 N–H and O–H groups in total. The van der Waals surface area contributed by atoms with E-state index in [1.54, 1.807) is 52.8 Å². The molecule has 0 aliphatic carbocycles. The molecule has 20 nitrogen and oxygen atoms in total. The molecule has 0 unspecified atom stereocenters. The van der Waals surface area contributed by atoms with E-state index in [4.69, 9.17) is 30.7 Å². The minimum atomic E-state index is -0.626. The number of imidazole rings is 2. The van der Waals surface area contributed by atoms with E-state index in [1.807, 2.05) is 49.0 Å². The number of carbonyl (C=O) groups excluding carboxylic acids is 4. The highest BCUT2D eigenvalue weighted by Gasteiger charge is 2.22. The average molecular weight is 866 g/mol. The monoisotopic (exact) mass is 865 g/mol. The van der Waals surface area contributed by atoms with Crippen molar-refractivity contribution in [1.82, 2.24) is 43.6 Å². The van der Waals surface area contributed by atoms with E-state index in [-0.39, 0.29) is 29.5 Å². The maximum absolute atomic E-state index is 13.6. The van der Waals surface area contributed by atoms with Crippen molar-refractivity contribution >= 4 is 58.0 Å². The van der Waals surface area contributed by atoms with Gasteiger partial charge in [-0.05, 0) is 70.5 Å². The van der Waals surface area contributed by atoms with E-state index in [0.717, 1.165) is 44.6 Å². The summed E-state index contributed by atoms with van der Waals surface area (Å²) in [5.41, 5.74) is 16.7. The number of amides is 3. The second kappa shape index (κ2) is 20.7. The number of nitrogens with one attached hydrogen (secondary N) is 2. The van der Waals surface area contributed by atoms with Gasteiger partial charge in [-0.2, -0.15) is 10.2 Å². The number of aryl methyl sites for hydroxylation is 4. The maximum atomic E-state index is 13.6. The SMILES string of the molecule is CCn1nc(C)cc1C(=O)Nc1nc2cc(C(N)=O)cc(OCCCN3CCOCC3)c2n1C/C=C/Cn1c(NC)nc2cc(C(N)=O)cc(OC)c21.CCn1nc(C)cc1C=O. The zero-order valence-electron chi connectivity index (χ0n) is 36.5. The van der Waals surface area contributed by atoms with Gasteiger partial charge in [-0.3, -0.25) is 38.8 Å². The van der Waals surface area contributed by atoms with Gasteiger partial charge in [-0.15, -0.1) is 0 Å². The van der Waals surface area contributed by atoms with E-state index >= 15 is 0 Å². The van der Waals surface area contributed by atoms with Crippen molar-refractivity contribution in [3.63, 3.8) is 0 Å². The number of carbonyl (C=O) groups is 4. The molecule has 0 radical (unpaired) electrons. The molecule has 0 saturated carbocycles. The summed E-state index contributed by atoms with van der Waals surface area (Å²) in [5, 5.41) is 14.6. The summed E-state index contributed by atoms with van der Waals surface area (Å²) in [6.45, 7) is 13.8. The number of primary amides is 2. The van der Waals surface area contributed by atoms with E-state index in [1.165, 1.54) is 7.11 Å². The fourth-order valence-corrected chi connectivity index (χ4v) is 7.36. The molecule has 20 heteroatoms. The Morgan fingerprint density at radius 1 is 0.810 bits per heavy atom. The lowest BCUT2D eigenvalue weighted by molar-refractivity contribution is 0.0358. The quantitative estimate of drug-likeness (QED) is 0.0547. The van der Waals surface area contributed by atoms with Crippen molar-refractivity contribution in [2.45, 2.75) is 60.3 Å². The minimum absolute atomic E-state index is 0.235. The lowest BCUT2D eigenvalue weighted by atomic mass is 10.1. The Bertz CT molecular complexity index is 2630. The Labute approximate surface area is 364 Å². The highest BCUT2D eigenvalue weighted by atomic mass is 16.5. The molecule has 5 heterocycles. The molecule has 1 fully saturated rings. The molecule has 63 heavy (non-hydrogen) atoms. The third-order valence-corrected chi connectivity index (χ3v) is 10.4. The summed E-state index contributed by atoms with van der Waals surface area (Å²) in [4.78, 5) is 60.1. The van der Waals surface area contributed by atoms with Crippen LogP contribution in [0.25, 0.3) is 22.1 Å². The normalized spacial score (nSPS) is 13.0. The Kier molecular flexibility index (Phi) is 14.9. The number of hydrogen-bond donors (Lipinski definition) is 4. The van der Waals surface area contributed by atoms with Gasteiger partial charge in [0.15, 0.2) is 6.29 Å². The molecule has 7 rings (SSSR count). The van der Waals surface area contributed by atoms with Crippen molar-refractivity contribution in [3.05, 3.63) is 82.5 Å². The van der Waals surface area contributed by atoms with Gasteiger partial charge in [0.1, 0.15) is 33.9 Å². The summed E-state index contributed by atoms with van der Waals surface area (Å²) >= 11 is 0. The largest absolute Gasteiger partial charge is 0.494 e. The maximum Gasteiger partial charge on any atom is 0.276 e. The number of benzene rings is 2.